The number of halogens is 2. The average Bonchev–Trinajstić information content (AvgIpc) is 2.27. The van der Waals surface area contributed by atoms with Crippen LogP contribution >= 0.6 is 27.5 Å². The highest BCUT2D eigenvalue weighted by molar-refractivity contribution is 9.10. The van der Waals surface area contributed by atoms with Gasteiger partial charge < -0.3 is 4.74 Å². The standard InChI is InChI=1S/C12H9BrClNO/c1-8-6-9(2-3-11(8)14)16-12-4-5-15-7-10(12)13/h2-7H,1H3. The first kappa shape index (κ1) is 11.4. The van der Waals surface area contributed by atoms with Gasteiger partial charge in [0.05, 0.1) is 4.47 Å². The molecular weight excluding hydrogens is 289 g/mol. The van der Waals surface area contributed by atoms with Crippen LogP contribution in [-0.4, -0.2) is 4.98 Å². The summed E-state index contributed by atoms with van der Waals surface area (Å²) < 4.78 is 6.52. The number of hydrogen-bond donors (Lipinski definition) is 0. The van der Waals surface area contributed by atoms with Gasteiger partial charge in [0, 0.05) is 23.5 Å². The smallest absolute Gasteiger partial charge is 0.144 e. The summed E-state index contributed by atoms with van der Waals surface area (Å²) in [6.07, 6.45) is 3.38. The molecule has 0 spiro atoms. The summed E-state index contributed by atoms with van der Waals surface area (Å²) in [4.78, 5) is 3.97. The lowest BCUT2D eigenvalue weighted by Gasteiger charge is -2.08. The summed E-state index contributed by atoms with van der Waals surface area (Å²) in [5.41, 5.74) is 0.990. The van der Waals surface area contributed by atoms with Crippen molar-refractivity contribution in [3.8, 4) is 11.5 Å². The first-order chi connectivity index (χ1) is 7.66. The second kappa shape index (κ2) is 4.85. The van der Waals surface area contributed by atoms with Gasteiger partial charge in [-0.25, -0.2) is 0 Å². The number of nitrogens with zero attached hydrogens (tertiary/aromatic N) is 1. The number of rotatable bonds is 2. The molecule has 2 rings (SSSR count). The van der Waals surface area contributed by atoms with Gasteiger partial charge in [0.15, 0.2) is 0 Å². The molecule has 4 heteroatoms. The van der Waals surface area contributed by atoms with Crippen LogP contribution in [-0.2, 0) is 0 Å². The van der Waals surface area contributed by atoms with Crippen LogP contribution in [0.1, 0.15) is 5.56 Å². The van der Waals surface area contributed by atoms with Crippen LogP contribution in [0.4, 0.5) is 0 Å². The van der Waals surface area contributed by atoms with E-state index in [0.717, 1.165) is 26.6 Å². The van der Waals surface area contributed by atoms with Gasteiger partial charge in [-0.05, 0) is 46.6 Å². The minimum atomic E-state index is 0.733. The Balaban J connectivity index is 2.28. The van der Waals surface area contributed by atoms with Crippen LogP contribution in [0.25, 0.3) is 0 Å². The van der Waals surface area contributed by atoms with Crippen LogP contribution in [0, 0.1) is 6.92 Å². The maximum absolute atomic E-state index is 5.94. The second-order valence-electron chi connectivity index (χ2n) is 3.32. The minimum absolute atomic E-state index is 0.733. The lowest BCUT2D eigenvalue weighted by Crippen LogP contribution is -1.87. The Kier molecular flexibility index (Phi) is 3.46. The molecule has 1 heterocycles. The van der Waals surface area contributed by atoms with Crippen LogP contribution in [0.2, 0.25) is 5.02 Å². The monoisotopic (exact) mass is 297 g/mol. The fourth-order valence-corrected chi connectivity index (χ4v) is 1.70. The molecule has 0 unspecified atom stereocenters. The summed E-state index contributed by atoms with van der Waals surface area (Å²) >= 11 is 9.31. The first-order valence-electron chi connectivity index (χ1n) is 4.70. The molecule has 16 heavy (non-hydrogen) atoms. The van der Waals surface area contributed by atoms with E-state index in [0.29, 0.717) is 0 Å². The van der Waals surface area contributed by atoms with Gasteiger partial charge in [0.25, 0.3) is 0 Å². The van der Waals surface area contributed by atoms with Crippen LogP contribution < -0.4 is 4.74 Å². The van der Waals surface area contributed by atoms with Crippen LogP contribution in [0.15, 0.2) is 41.1 Å². The number of benzene rings is 1. The van der Waals surface area contributed by atoms with E-state index in [1.165, 1.54) is 0 Å². The molecule has 0 aliphatic heterocycles. The third-order valence-corrected chi connectivity index (χ3v) is 3.11. The molecule has 0 N–H and O–H groups in total. The average molecular weight is 299 g/mol. The Morgan fingerprint density at radius 3 is 2.81 bits per heavy atom. The molecule has 0 aliphatic carbocycles. The summed E-state index contributed by atoms with van der Waals surface area (Å²) in [6.45, 7) is 1.94. The Labute approximate surface area is 107 Å². The molecule has 82 valence electrons. The zero-order chi connectivity index (χ0) is 11.5. The van der Waals surface area contributed by atoms with Crippen LogP contribution in [0.5, 0.6) is 11.5 Å². The summed E-state index contributed by atoms with van der Waals surface area (Å²) in [5, 5.41) is 0.737. The van der Waals surface area contributed by atoms with E-state index in [4.69, 9.17) is 16.3 Å². The number of aryl methyl sites for hydroxylation is 1. The molecule has 0 fully saturated rings. The number of aromatic nitrogens is 1. The Morgan fingerprint density at radius 1 is 1.31 bits per heavy atom. The highest BCUT2D eigenvalue weighted by atomic mass is 79.9. The molecule has 0 atom stereocenters. The van der Waals surface area contributed by atoms with Gasteiger partial charge in [-0.2, -0.15) is 0 Å². The summed E-state index contributed by atoms with van der Waals surface area (Å²) in [7, 11) is 0. The van der Waals surface area contributed by atoms with E-state index in [9.17, 15) is 0 Å². The minimum Gasteiger partial charge on any atom is -0.456 e. The van der Waals surface area contributed by atoms with Gasteiger partial charge in [-0.15, -0.1) is 0 Å². The van der Waals surface area contributed by atoms with Crippen molar-refractivity contribution in [1.29, 1.82) is 0 Å². The summed E-state index contributed by atoms with van der Waals surface area (Å²) in [6, 6.07) is 7.35. The highest BCUT2D eigenvalue weighted by Crippen LogP contribution is 2.30. The van der Waals surface area contributed by atoms with Crippen molar-refractivity contribution in [2.24, 2.45) is 0 Å². The topological polar surface area (TPSA) is 22.1 Å². The lowest BCUT2D eigenvalue weighted by molar-refractivity contribution is 0.478. The molecular formula is C12H9BrClNO. The van der Waals surface area contributed by atoms with Gasteiger partial charge in [-0.1, -0.05) is 11.6 Å². The molecule has 1 aromatic carbocycles. The molecule has 2 nitrogen and oxygen atoms in total. The second-order valence-corrected chi connectivity index (χ2v) is 4.58. The van der Waals surface area contributed by atoms with E-state index < -0.39 is 0 Å². The summed E-state index contributed by atoms with van der Waals surface area (Å²) in [5.74, 6) is 1.49. The van der Waals surface area contributed by atoms with E-state index in [1.807, 2.05) is 25.1 Å². The number of pyridine rings is 1. The predicted molar refractivity (Wildman–Crippen MR) is 68.2 cm³/mol. The van der Waals surface area contributed by atoms with Gasteiger partial charge in [-0.3, -0.25) is 4.98 Å². The van der Waals surface area contributed by atoms with E-state index in [-0.39, 0.29) is 0 Å². The predicted octanol–water partition coefficient (Wildman–Crippen LogP) is 4.60. The molecule has 1 aromatic heterocycles. The third-order valence-electron chi connectivity index (χ3n) is 2.09. The van der Waals surface area contributed by atoms with E-state index in [1.54, 1.807) is 18.5 Å². The SMILES string of the molecule is Cc1cc(Oc2ccncc2Br)ccc1Cl. The van der Waals surface area contributed by atoms with Crippen molar-refractivity contribution in [3.63, 3.8) is 0 Å². The molecule has 0 amide bonds. The lowest BCUT2D eigenvalue weighted by atomic mass is 10.2. The maximum Gasteiger partial charge on any atom is 0.144 e. The third kappa shape index (κ3) is 2.54. The fourth-order valence-electron chi connectivity index (χ4n) is 1.25. The van der Waals surface area contributed by atoms with Crippen molar-refractivity contribution >= 4 is 27.5 Å². The van der Waals surface area contributed by atoms with Gasteiger partial charge in [0.2, 0.25) is 0 Å². The molecule has 0 bridgehead atoms. The van der Waals surface area contributed by atoms with Crippen LogP contribution in [0.3, 0.4) is 0 Å². The highest BCUT2D eigenvalue weighted by Gasteiger charge is 2.03. The Morgan fingerprint density at radius 2 is 2.12 bits per heavy atom. The molecule has 0 saturated heterocycles. The molecule has 0 aliphatic rings. The van der Waals surface area contributed by atoms with Crippen molar-refractivity contribution in [2.75, 3.05) is 0 Å². The number of hydrogen-bond acceptors (Lipinski definition) is 2. The molecule has 2 aromatic rings. The quantitative estimate of drug-likeness (QED) is 0.808. The van der Waals surface area contributed by atoms with E-state index in [2.05, 4.69) is 20.9 Å². The fraction of sp³-hybridized carbons (Fsp3) is 0.0833. The van der Waals surface area contributed by atoms with Crippen molar-refractivity contribution in [2.45, 2.75) is 6.92 Å². The number of ether oxygens (including phenoxy) is 1. The van der Waals surface area contributed by atoms with E-state index >= 15 is 0 Å². The largest absolute Gasteiger partial charge is 0.456 e. The van der Waals surface area contributed by atoms with Gasteiger partial charge in [0.1, 0.15) is 11.5 Å². The molecule has 0 saturated carbocycles. The van der Waals surface area contributed by atoms with Crippen molar-refractivity contribution < 1.29 is 4.74 Å². The Bertz CT molecular complexity index is 516. The zero-order valence-electron chi connectivity index (χ0n) is 8.58. The van der Waals surface area contributed by atoms with Crippen molar-refractivity contribution in [3.05, 3.63) is 51.7 Å². The maximum atomic E-state index is 5.94. The first-order valence-corrected chi connectivity index (χ1v) is 5.87. The zero-order valence-corrected chi connectivity index (χ0v) is 10.9. The molecule has 0 radical (unpaired) electrons. The van der Waals surface area contributed by atoms with Crippen molar-refractivity contribution in [1.82, 2.24) is 4.98 Å². The Hall–Kier alpha value is -1.06. The normalized spacial score (nSPS) is 10.2. The van der Waals surface area contributed by atoms with Gasteiger partial charge >= 0.3 is 0 Å².